The van der Waals surface area contributed by atoms with Gasteiger partial charge in [-0.05, 0) is 19.3 Å². The lowest BCUT2D eigenvalue weighted by molar-refractivity contribution is -0.888. The zero-order valence-corrected chi connectivity index (χ0v) is 20.9. The molecule has 0 aliphatic rings. The Morgan fingerprint density at radius 1 is 0.759 bits per heavy atom. The molecule has 0 heterocycles. The van der Waals surface area contributed by atoms with E-state index in [0.717, 1.165) is 42.9 Å². The molecule has 174 valence electrons. The van der Waals surface area contributed by atoms with Crippen LogP contribution in [0.15, 0.2) is 0 Å². The van der Waals surface area contributed by atoms with E-state index in [0.29, 0.717) is 6.42 Å². The summed E-state index contributed by atoms with van der Waals surface area (Å²) in [5, 5.41) is 3.08. The van der Waals surface area contributed by atoms with Gasteiger partial charge in [0.05, 0.1) is 27.2 Å². The first kappa shape index (κ1) is 28.4. The van der Waals surface area contributed by atoms with Crippen LogP contribution < -0.4 is 5.32 Å². The number of hydrogen-bond acceptors (Lipinski definition) is 1. The van der Waals surface area contributed by atoms with Gasteiger partial charge in [0.2, 0.25) is 5.91 Å². The zero-order valence-electron chi connectivity index (χ0n) is 20.9. The van der Waals surface area contributed by atoms with E-state index < -0.39 is 0 Å². The maximum Gasteiger partial charge on any atom is 0.219 e. The van der Waals surface area contributed by atoms with E-state index in [-0.39, 0.29) is 5.91 Å². The number of carbonyl (C=O) groups excluding carboxylic acids is 1. The molecule has 1 unspecified atom stereocenters. The van der Waals surface area contributed by atoms with Crippen molar-refractivity contribution in [2.45, 2.75) is 124 Å². The average Bonchev–Trinajstić information content (AvgIpc) is 2.71. The van der Waals surface area contributed by atoms with E-state index in [9.17, 15) is 4.79 Å². The number of rotatable bonds is 21. The zero-order chi connectivity index (χ0) is 21.8. The summed E-state index contributed by atoms with van der Waals surface area (Å²) < 4.78 is 1.04. The molecule has 29 heavy (non-hydrogen) atoms. The summed E-state index contributed by atoms with van der Waals surface area (Å²) in [4.78, 5) is 11.9. The monoisotopic (exact) mass is 411 g/mol. The number of hydrogen-bond donors (Lipinski definition) is 1. The SMILES string of the molecule is CCC(C)CCCCCCCCCCCCCCC(=O)NCCC[N+](C)(C)CC. The Morgan fingerprint density at radius 2 is 1.24 bits per heavy atom. The molecule has 0 spiro atoms. The summed E-state index contributed by atoms with van der Waals surface area (Å²) in [6.45, 7) is 10.0. The van der Waals surface area contributed by atoms with Crippen molar-refractivity contribution >= 4 is 5.91 Å². The third kappa shape index (κ3) is 20.5. The normalized spacial score (nSPS) is 12.9. The van der Waals surface area contributed by atoms with Gasteiger partial charge < -0.3 is 9.80 Å². The van der Waals surface area contributed by atoms with Crippen molar-refractivity contribution in [1.82, 2.24) is 5.32 Å². The summed E-state index contributed by atoms with van der Waals surface area (Å²) in [6, 6.07) is 0. The van der Waals surface area contributed by atoms with Gasteiger partial charge in [-0.3, -0.25) is 4.79 Å². The van der Waals surface area contributed by atoms with Gasteiger partial charge in [0.25, 0.3) is 0 Å². The van der Waals surface area contributed by atoms with Crippen LogP contribution >= 0.6 is 0 Å². The van der Waals surface area contributed by atoms with Gasteiger partial charge >= 0.3 is 0 Å². The highest BCUT2D eigenvalue weighted by Gasteiger charge is 2.10. The summed E-state index contributed by atoms with van der Waals surface area (Å²) in [5.41, 5.74) is 0. The van der Waals surface area contributed by atoms with Crippen LogP contribution in [0.3, 0.4) is 0 Å². The lowest BCUT2D eigenvalue weighted by Gasteiger charge is -2.28. The Morgan fingerprint density at radius 3 is 1.72 bits per heavy atom. The molecule has 1 N–H and O–H groups in total. The van der Waals surface area contributed by atoms with Crippen LogP contribution in [0.25, 0.3) is 0 Å². The first-order chi connectivity index (χ1) is 13.9. The molecule has 0 aliphatic heterocycles. The van der Waals surface area contributed by atoms with Crippen molar-refractivity contribution in [3.05, 3.63) is 0 Å². The molecule has 0 fully saturated rings. The lowest BCUT2D eigenvalue weighted by atomic mass is 9.99. The Balaban J connectivity index is 3.24. The molecular formula is C26H55N2O+. The van der Waals surface area contributed by atoms with Crippen molar-refractivity contribution in [3.63, 3.8) is 0 Å². The molecule has 0 aromatic rings. The molecule has 1 atom stereocenters. The molecule has 0 rings (SSSR count). The summed E-state index contributed by atoms with van der Waals surface area (Å²) in [6.07, 6.45) is 20.8. The molecule has 0 aliphatic carbocycles. The van der Waals surface area contributed by atoms with E-state index >= 15 is 0 Å². The van der Waals surface area contributed by atoms with Crippen LogP contribution in [0.2, 0.25) is 0 Å². The van der Waals surface area contributed by atoms with Gasteiger partial charge in [0.1, 0.15) is 0 Å². The minimum Gasteiger partial charge on any atom is -0.356 e. The van der Waals surface area contributed by atoms with Gasteiger partial charge in [-0.2, -0.15) is 0 Å². The van der Waals surface area contributed by atoms with Crippen LogP contribution in [-0.4, -0.2) is 44.1 Å². The molecule has 0 saturated heterocycles. The van der Waals surface area contributed by atoms with Crippen molar-refractivity contribution in [2.24, 2.45) is 5.92 Å². The second-order valence-electron chi connectivity index (χ2n) is 9.97. The lowest BCUT2D eigenvalue weighted by Crippen LogP contribution is -2.41. The maximum atomic E-state index is 11.9. The molecule has 3 nitrogen and oxygen atoms in total. The van der Waals surface area contributed by atoms with Crippen LogP contribution in [0.1, 0.15) is 124 Å². The van der Waals surface area contributed by atoms with Crippen molar-refractivity contribution in [3.8, 4) is 0 Å². The largest absolute Gasteiger partial charge is 0.356 e. The molecule has 0 radical (unpaired) electrons. The Kier molecular flexibility index (Phi) is 19.0. The second kappa shape index (κ2) is 19.4. The van der Waals surface area contributed by atoms with Gasteiger partial charge in [0, 0.05) is 19.4 Å². The number of carbonyl (C=O) groups is 1. The number of nitrogens with one attached hydrogen (secondary N) is 1. The Bertz CT molecular complexity index is 368. The highest BCUT2D eigenvalue weighted by atomic mass is 16.1. The van der Waals surface area contributed by atoms with E-state index in [4.69, 9.17) is 0 Å². The number of unbranched alkanes of at least 4 members (excludes halogenated alkanes) is 11. The fourth-order valence-corrected chi connectivity index (χ4v) is 3.73. The molecule has 0 aromatic heterocycles. The van der Waals surface area contributed by atoms with E-state index in [1.165, 1.54) is 83.5 Å². The molecule has 0 bridgehead atoms. The smallest absolute Gasteiger partial charge is 0.219 e. The predicted molar refractivity (Wildman–Crippen MR) is 129 cm³/mol. The fraction of sp³-hybridized carbons (Fsp3) is 0.962. The third-order valence-corrected chi connectivity index (χ3v) is 6.67. The minimum atomic E-state index is 0.246. The van der Waals surface area contributed by atoms with E-state index in [1.807, 2.05) is 0 Å². The number of quaternary nitrogens is 1. The minimum absolute atomic E-state index is 0.246. The topological polar surface area (TPSA) is 29.1 Å². The molecule has 0 aromatic carbocycles. The van der Waals surface area contributed by atoms with Gasteiger partial charge in [-0.1, -0.05) is 97.3 Å². The van der Waals surface area contributed by atoms with Crippen molar-refractivity contribution < 1.29 is 9.28 Å². The van der Waals surface area contributed by atoms with Crippen molar-refractivity contribution in [2.75, 3.05) is 33.7 Å². The quantitative estimate of drug-likeness (QED) is 0.158. The van der Waals surface area contributed by atoms with Gasteiger partial charge in [-0.15, -0.1) is 0 Å². The Labute approximate surface area is 184 Å². The maximum absolute atomic E-state index is 11.9. The first-order valence-electron chi connectivity index (χ1n) is 13.0. The highest BCUT2D eigenvalue weighted by molar-refractivity contribution is 5.75. The molecular weight excluding hydrogens is 356 g/mol. The van der Waals surface area contributed by atoms with Gasteiger partial charge in [-0.25, -0.2) is 0 Å². The fourth-order valence-electron chi connectivity index (χ4n) is 3.73. The number of amides is 1. The predicted octanol–water partition coefficient (Wildman–Crippen LogP) is 7.10. The van der Waals surface area contributed by atoms with E-state index in [1.54, 1.807) is 0 Å². The highest BCUT2D eigenvalue weighted by Crippen LogP contribution is 2.15. The number of nitrogens with zero attached hydrogens (tertiary/aromatic N) is 1. The molecule has 3 heteroatoms. The standard InChI is InChI=1S/C26H54N2O/c1-6-25(3)21-18-16-14-12-10-8-9-11-13-15-17-19-22-26(29)27-23-20-24-28(4,5)7-2/h25H,6-24H2,1-5H3/p+1. The van der Waals surface area contributed by atoms with Crippen LogP contribution in [-0.2, 0) is 4.79 Å². The van der Waals surface area contributed by atoms with Crippen LogP contribution in [0.5, 0.6) is 0 Å². The van der Waals surface area contributed by atoms with Gasteiger partial charge in [0.15, 0.2) is 0 Å². The summed E-state index contributed by atoms with van der Waals surface area (Å²) >= 11 is 0. The van der Waals surface area contributed by atoms with Crippen molar-refractivity contribution in [1.29, 1.82) is 0 Å². The third-order valence-electron chi connectivity index (χ3n) is 6.67. The summed E-state index contributed by atoms with van der Waals surface area (Å²) in [7, 11) is 4.50. The average molecular weight is 412 g/mol. The second-order valence-corrected chi connectivity index (χ2v) is 9.97. The first-order valence-corrected chi connectivity index (χ1v) is 13.0. The Hall–Kier alpha value is -0.570. The van der Waals surface area contributed by atoms with Crippen LogP contribution in [0.4, 0.5) is 0 Å². The van der Waals surface area contributed by atoms with E-state index in [2.05, 4.69) is 40.2 Å². The van der Waals surface area contributed by atoms with Crippen LogP contribution in [0, 0.1) is 5.92 Å². The molecule has 0 saturated carbocycles. The summed E-state index contributed by atoms with van der Waals surface area (Å²) in [5.74, 6) is 1.17. The molecule has 1 amide bonds.